The Morgan fingerprint density at radius 3 is 1.01 bits per heavy atom. The number of methoxy groups -OCH3 is 6. The lowest BCUT2D eigenvalue weighted by Gasteiger charge is -2.36. The van der Waals surface area contributed by atoms with Gasteiger partial charge in [0.2, 0.25) is 35.6 Å². The predicted octanol–water partition coefficient (Wildman–Crippen LogP) is 10.5. The first-order chi connectivity index (χ1) is 58.4. The molecule has 3 amide bonds. The molecular formula is C82H92Cl4F2N18O15. The number of anilines is 6. The van der Waals surface area contributed by atoms with Gasteiger partial charge in [-0.1, -0.05) is 66.1 Å². The van der Waals surface area contributed by atoms with Crippen molar-refractivity contribution in [2.75, 3.05) is 165 Å². The zero-order valence-corrected chi connectivity index (χ0v) is 71.0. The first kappa shape index (κ1) is 87.9. The van der Waals surface area contributed by atoms with Crippen LogP contribution in [0.2, 0.25) is 20.1 Å². The van der Waals surface area contributed by atoms with Crippen molar-refractivity contribution in [3.05, 3.63) is 125 Å². The van der Waals surface area contributed by atoms with Crippen molar-refractivity contribution in [1.29, 1.82) is 0 Å². The number of benzene rings is 3. The molecule has 12 heterocycles. The molecule has 6 aromatic heterocycles. The van der Waals surface area contributed by atoms with Crippen molar-refractivity contribution in [3.8, 4) is 68.3 Å². The van der Waals surface area contributed by atoms with Gasteiger partial charge in [-0.2, -0.15) is 0 Å². The van der Waals surface area contributed by atoms with Gasteiger partial charge >= 0.3 is 0 Å². The van der Waals surface area contributed by atoms with E-state index < -0.39 is 11.6 Å². The molecule has 3 aromatic carbocycles. The van der Waals surface area contributed by atoms with E-state index in [-0.39, 0.29) is 101 Å². The Kier molecular flexibility index (Phi) is 28.6. The van der Waals surface area contributed by atoms with Crippen LogP contribution < -0.4 is 75.0 Å². The second-order valence-corrected chi connectivity index (χ2v) is 30.5. The molecule has 39 heteroatoms. The van der Waals surface area contributed by atoms with E-state index in [1.165, 1.54) is 67.0 Å². The van der Waals surface area contributed by atoms with E-state index in [4.69, 9.17) is 133 Å². The van der Waals surface area contributed by atoms with Gasteiger partial charge in [-0.15, -0.1) is 0 Å². The topological polar surface area (TPSA) is 360 Å². The zero-order chi connectivity index (χ0) is 86.0. The molecule has 6 aliphatic heterocycles. The number of aromatic nitrogens is 9. The number of morpholine rings is 3. The second kappa shape index (κ2) is 39.3. The lowest BCUT2D eigenvalue weighted by molar-refractivity contribution is -0.118. The lowest BCUT2D eigenvalue weighted by Crippen LogP contribution is -2.46. The summed E-state index contributed by atoms with van der Waals surface area (Å²) in [6, 6.07) is 8.09. The fourth-order valence-electron chi connectivity index (χ4n) is 14.8. The van der Waals surface area contributed by atoms with E-state index in [0.29, 0.717) is 215 Å². The van der Waals surface area contributed by atoms with Crippen molar-refractivity contribution in [3.63, 3.8) is 0 Å². The quantitative estimate of drug-likeness (QED) is 0.0306. The van der Waals surface area contributed by atoms with Gasteiger partial charge in [-0.25, -0.2) is 53.6 Å². The van der Waals surface area contributed by atoms with Crippen molar-refractivity contribution >= 4 is 132 Å². The Hall–Kier alpha value is -10.9. The number of carbonyl (C=O) groups excluding carboxylic acids is 3. The molecule has 0 saturated carbocycles. The minimum Gasteiger partial charge on any atom is -0.495 e. The third-order valence-electron chi connectivity index (χ3n) is 20.7. The fraction of sp³-hybridized carbons (Fsp3) is 0.415. The van der Waals surface area contributed by atoms with Crippen LogP contribution in [0.4, 0.5) is 44.1 Å². The van der Waals surface area contributed by atoms with Crippen LogP contribution in [0, 0.1) is 11.6 Å². The Morgan fingerprint density at radius 2 is 0.702 bits per heavy atom. The third kappa shape index (κ3) is 19.7. The molecule has 6 saturated heterocycles. The van der Waals surface area contributed by atoms with E-state index in [1.54, 1.807) is 30.7 Å². The molecule has 6 fully saturated rings. The molecule has 0 radical (unpaired) electrons. The largest absolute Gasteiger partial charge is 0.495 e. The molecule has 15 rings (SSSR count). The van der Waals surface area contributed by atoms with E-state index in [1.807, 2.05) is 44.7 Å². The summed E-state index contributed by atoms with van der Waals surface area (Å²) < 4.78 is 97.2. The van der Waals surface area contributed by atoms with Gasteiger partial charge in [0, 0.05) is 103 Å². The summed E-state index contributed by atoms with van der Waals surface area (Å²) in [5, 5.41) is 21.7. The Balaban J connectivity index is 0.000000157. The molecule has 642 valence electrons. The first-order valence-electron chi connectivity index (χ1n) is 38.7. The van der Waals surface area contributed by atoms with Crippen LogP contribution in [0.25, 0.3) is 66.5 Å². The van der Waals surface area contributed by atoms with Gasteiger partial charge < -0.3 is 103 Å². The number of rotatable bonds is 24. The standard InChI is InChI=1S/C28H32Cl2N6O5.C27H30Cl2N6O5.C27H30F2N6O5/c1-6-22(37)32-18-12-40-13-19(18)34-28-31-9-16-7-17(23-24(29)20(38-4)8-21(39-5)25(23)30)33-27(26(16)35-28)36-10-14(2)41-15(3)11-36;2*1-5-21(36)31-17-12-39-13-18(17)33-27-30-10-15-8-16(22-23(28)19(37-3)9-20(38-4)24(22)29)32-26(25(15)34-27)35-6-7-40-14(2)11-35/h6-9,14-15,18-19H,1,10-13H2,2-5H3,(H,32,37)(H,31,34,35);2*5,8-10,14,17-18H,1,6-7,11-13H2,2-4H3,(H,31,36)(H,30,33,34)/t14?,15?,18-,19+;2*14?,17-,18+/m000/s1. The number of pyridine rings is 3. The van der Waals surface area contributed by atoms with Crippen LogP contribution in [0.3, 0.4) is 0 Å². The number of fused-ring (bicyclic) bond motifs is 3. The zero-order valence-electron chi connectivity index (χ0n) is 68.0. The summed E-state index contributed by atoms with van der Waals surface area (Å²) in [7, 11) is 8.69. The minimum absolute atomic E-state index is 0.00245. The molecular weight excluding hydrogens is 1660 g/mol. The van der Waals surface area contributed by atoms with Gasteiger partial charge in [0.15, 0.2) is 40.6 Å². The number of nitrogens with one attached hydrogen (secondary N) is 6. The molecule has 121 heavy (non-hydrogen) atoms. The van der Waals surface area contributed by atoms with E-state index >= 15 is 8.78 Å². The van der Waals surface area contributed by atoms with Crippen LogP contribution in [-0.2, 0) is 42.8 Å². The maximum absolute atomic E-state index is 15.4. The van der Waals surface area contributed by atoms with Crippen molar-refractivity contribution < 1.29 is 80.0 Å². The van der Waals surface area contributed by atoms with Crippen LogP contribution in [0.5, 0.6) is 34.5 Å². The molecule has 0 aliphatic carbocycles. The maximum Gasteiger partial charge on any atom is 0.243 e. The summed E-state index contributed by atoms with van der Waals surface area (Å²) in [4.78, 5) is 84.6. The highest BCUT2D eigenvalue weighted by Gasteiger charge is 2.37. The highest BCUT2D eigenvalue weighted by Crippen LogP contribution is 2.49. The summed E-state index contributed by atoms with van der Waals surface area (Å²) in [6.07, 6.45) is 8.53. The molecule has 0 bridgehead atoms. The number of hydrogen-bond donors (Lipinski definition) is 6. The van der Waals surface area contributed by atoms with Gasteiger partial charge in [0.05, 0.1) is 199 Å². The van der Waals surface area contributed by atoms with E-state index in [9.17, 15) is 14.4 Å². The van der Waals surface area contributed by atoms with Crippen LogP contribution in [0.1, 0.15) is 27.7 Å². The monoisotopic (exact) mass is 1750 g/mol. The van der Waals surface area contributed by atoms with Crippen LogP contribution >= 0.6 is 46.4 Å². The minimum atomic E-state index is -0.901. The molecule has 6 N–H and O–H groups in total. The molecule has 33 nitrogen and oxygen atoms in total. The van der Waals surface area contributed by atoms with Crippen LogP contribution in [0.15, 0.2) is 93.0 Å². The van der Waals surface area contributed by atoms with Gasteiger partial charge in [-0.05, 0) is 64.1 Å². The molecule has 6 aliphatic rings. The molecule has 9 aromatic rings. The molecule has 0 spiro atoms. The number of nitrogens with zero attached hydrogens (tertiary/aromatic N) is 12. The van der Waals surface area contributed by atoms with Gasteiger partial charge in [0.25, 0.3) is 0 Å². The van der Waals surface area contributed by atoms with Crippen molar-refractivity contribution in [2.45, 2.75) is 88.4 Å². The number of halogens is 6. The first-order valence-corrected chi connectivity index (χ1v) is 40.2. The number of ether oxygens (including phenoxy) is 12. The second-order valence-electron chi connectivity index (χ2n) is 29.0. The van der Waals surface area contributed by atoms with Crippen molar-refractivity contribution in [1.82, 2.24) is 60.8 Å². The summed E-state index contributed by atoms with van der Waals surface area (Å²) in [6.45, 7) is 25.2. The molecule has 4 unspecified atom stereocenters. The maximum atomic E-state index is 15.4. The highest BCUT2D eigenvalue weighted by atomic mass is 35.5. The number of amides is 3. The van der Waals surface area contributed by atoms with E-state index in [2.05, 4.69) is 76.4 Å². The SMILES string of the molecule is C=CC(=O)N[C@H]1COC[C@H]1Nc1ncc2cc(-c3c(Cl)c(OC)cc(OC)c3Cl)nc(N3CC(C)OC(C)C3)c2n1.C=CC(=O)N[C@H]1COC[C@H]1Nc1ncc2cc(-c3c(Cl)c(OC)cc(OC)c3Cl)nc(N3CCOC(C)C3)c2n1.C=CC(=O)N[C@H]1COC[C@H]1Nc1ncc2cc(-c3c(F)c(OC)cc(OC)c3F)nc(N3CCOC(C)C3)c2n1. The Bertz CT molecular complexity index is 5080. The summed E-state index contributed by atoms with van der Waals surface area (Å²) >= 11 is 27.0. The smallest absolute Gasteiger partial charge is 0.243 e. The Morgan fingerprint density at radius 1 is 0.413 bits per heavy atom. The van der Waals surface area contributed by atoms with Gasteiger partial charge in [-0.3, -0.25) is 14.4 Å². The molecule has 10 atom stereocenters. The fourth-order valence-corrected chi connectivity index (χ4v) is 16.2. The van der Waals surface area contributed by atoms with Crippen LogP contribution in [-0.4, -0.2) is 258 Å². The van der Waals surface area contributed by atoms with Gasteiger partial charge in [0.1, 0.15) is 39.5 Å². The number of hydrogen-bond acceptors (Lipinski definition) is 30. The van der Waals surface area contributed by atoms with E-state index in [0.717, 1.165) is 16.8 Å². The summed E-state index contributed by atoms with van der Waals surface area (Å²) in [5.41, 5.74) is 3.42. The normalized spacial score (nSPS) is 21.4. The average Bonchev–Trinajstić information content (AvgIpc) is 1.75. The number of carbonyl (C=O) groups is 3. The van der Waals surface area contributed by atoms with Crippen molar-refractivity contribution in [2.24, 2.45) is 0 Å². The third-order valence-corrected chi connectivity index (χ3v) is 22.2. The Labute approximate surface area is 715 Å². The highest BCUT2D eigenvalue weighted by molar-refractivity contribution is 6.42. The lowest BCUT2D eigenvalue weighted by atomic mass is 10.1. The average molecular weight is 1750 g/mol. The predicted molar refractivity (Wildman–Crippen MR) is 456 cm³/mol. The summed E-state index contributed by atoms with van der Waals surface area (Å²) in [5.74, 6) is 1.40.